The molecule has 0 amide bonds. The highest BCUT2D eigenvalue weighted by atomic mass is 32.2. The summed E-state index contributed by atoms with van der Waals surface area (Å²) >= 11 is -2.53. The first-order valence-electron chi connectivity index (χ1n) is 11.6. The van der Waals surface area contributed by atoms with Crippen LogP contribution in [0, 0.1) is 11.8 Å². The Kier molecular flexibility index (Phi) is 8.23. The van der Waals surface area contributed by atoms with Gasteiger partial charge in [-0.2, -0.15) is 4.41 Å². The molecule has 36 heavy (non-hydrogen) atoms. The fourth-order valence-electron chi connectivity index (χ4n) is 4.33. The number of ether oxygens (including phenoxy) is 1. The fourth-order valence-corrected chi connectivity index (χ4v) is 5.05. The molecule has 0 saturated carbocycles. The second-order valence-corrected chi connectivity index (χ2v) is 9.44. The molecule has 1 saturated heterocycles. The van der Waals surface area contributed by atoms with Crippen LogP contribution in [0.1, 0.15) is 24.5 Å². The van der Waals surface area contributed by atoms with Gasteiger partial charge in [0.1, 0.15) is 5.75 Å². The Labute approximate surface area is 213 Å². The summed E-state index contributed by atoms with van der Waals surface area (Å²) < 4.78 is 29.9. The van der Waals surface area contributed by atoms with Crippen LogP contribution in [0.15, 0.2) is 60.7 Å². The van der Waals surface area contributed by atoms with Gasteiger partial charge < -0.3 is 19.3 Å². The van der Waals surface area contributed by atoms with Crippen LogP contribution in [0.3, 0.4) is 0 Å². The summed E-state index contributed by atoms with van der Waals surface area (Å²) in [6.45, 7) is 3.81. The van der Waals surface area contributed by atoms with E-state index in [1.807, 2.05) is 60.7 Å². The molecule has 3 aromatic rings. The van der Waals surface area contributed by atoms with Gasteiger partial charge in [-0.15, -0.1) is 0 Å². The van der Waals surface area contributed by atoms with Gasteiger partial charge in [0, 0.05) is 60.3 Å². The molecule has 1 aliphatic heterocycles. The van der Waals surface area contributed by atoms with Gasteiger partial charge in [0.2, 0.25) is 0 Å². The lowest BCUT2D eigenvalue weighted by atomic mass is 10.1. The monoisotopic (exact) mass is 506 g/mol. The van der Waals surface area contributed by atoms with Crippen molar-refractivity contribution < 1.29 is 23.4 Å². The van der Waals surface area contributed by atoms with Gasteiger partial charge in [-0.05, 0) is 66.2 Å². The summed E-state index contributed by atoms with van der Waals surface area (Å²) in [5.74, 6) is 6.23. The number of fused-ring (bicyclic) bond motifs is 1. The van der Waals surface area contributed by atoms with Crippen molar-refractivity contribution in [2.45, 2.75) is 19.4 Å². The maximum atomic E-state index is 11.7. The molecule has 0 spiro atoms. The summed E-state index contributed by atoms with van der Waals surface area (Å²) in [6, 6.07) is 19.4. The standard InChI is InChI=1S/C27H29N3O5S/c1-20(17-27(31)32)30(36(33)34)29-15-13-28(14-16-29)25-10-6-21(7-11-25)3-4-22-5-8-23-9-12-26(35-2)19-24(23)18-22/h5-12,18-20H,13-17H2,1-2H3,(H,31,32)(H,33,34)/p-1. The average Bonchev–Trinajstić information content (AvgIpc) is 2.87. The van der Waals surface area contributed by atoms with Gasteiger partial charge in [0.25, 0.3) is 0 Å². The number of carboxylic acids is 1. The quantitative estimate of drug-likeness (QED) is 0.388. The molecule has 0 aliphatic carbocycles. The van der Waals surface area contributed by atoms with E-state index in [2.05, 4.69) is 16.7 Å². The number of hydrogen-bond donors (Lipinski definition) is 1. The number of methoxy groups -OCH3 is 1. The Bertz CT molecular complexity index is 1310. The van der Waals surface area contributed by atoms with E-state index in [0.29, 0.717) is 26.2 Å². The number of nitrogens with zero attached hydrogens (tertiary/aromatic N) is 3. The summed E-state index contributed by atoms with van der Waals surface area (Å²) in [6.07, 6.45) is -0.246. The van der Waals surface area contributed by atoms with E-state index in [1.165, 1.54) is 0 Å². The summed E-state index contributed by atoms with van der Waals surface area (Å²) in [4.78, 5) is 13.2. The van der Waals surface area contributed by atoms with Gasteiger partial charge in [-0.1, -0.05) is 24.0 Å². The first kappa shape index (κ1) is 25.7. The normalized spacial score (nSPS) is 15.8. The minimum absolute atomic E-state index is 0.246. The predicted molar refractivity (Wildman–Crippen MR) is 139 cm³/mol. The average molecular weight is 507 g/mol. The zero-order chi connectivity index (χ0) is 25.7. The van der Waals surface area contributed by atoms with Crippen molar-refractivity contribution in [1.82, 2.24) is 9.42 Å². The van der Waals surface area contributed by atoms with E-state index < -0.39 is 23.3 Å². The number of anilines is 1. The highest BCUT2D eigenvalue weighted by Crippen LogP contribution is 2.22. The lowest BCUT2D eigenvalue weighted by Gasteiger charge is -2.44. The Balaban J connectivity index is 1.39. The second kappa shape index (κ2) is 11.5. The molecule has 1 aliphatic rings. The molecule has 0 aromatic heterocycles. The molecule has 1 heterocycles. The minimum Gasteiger partial charge on any atom is -0.759 e. The third-order valence-corrected chi connectivity index (χ3v) is 7.06. The number of rotatable bonds is 7. The number of aliphatic carboxylic acids is 1. The molecule has 0 bridgehead atoms. The zero-order valence-electron chi connectivity index (χ0n) is 20.2. The van der Waals surface area contributed by atoms with Crippen molar-refractivity contribution in [3.63, 3.8) is 0 Å². The maximum absolute atomic E-state index is 11.7. The van der Waals surface area contributed by atoms with Crippen molar-refractivity contribution in [3.8, 4) is 17.6 Å². The van der Waals surface area contributed by atoms with Crippen LogP contribution in [0.25, 0.3) is 10.8 Å². The van der Waals surface area contributed by atoms with Crippen LogP contribution in [0.5, 0.6) is 5.75 Å². The summed E-state index contributed by atoms with van der Waals surface area (Å²) in [5.41, 5.74) is 2.86. The maximum Gasteiger partial charge on any atom is 0.305 e. The Morgan fingerprint density at radius 3 is 2.31 bits per heavy atom. The number of benzene rings is 3. The molecule has 188 valence electrons. The molecule has 8 nitrogen and oxygen atoms in total. The van der Waals surface area contributed by atoms with Crippen LogP contribution in [0.2, 0.25) is 0 Å². The van der Waals surface area contributed by atoms with E-state index >= 15 is 0 Å². The lowest BCUT2D eigenvalue weighted by molar-refractivity contribution is -0.139. The molecule has 2 atom stereocenters. The Morgan fingerprint density at radius 2 is 1.67 bits per heavy atom. The predicted octanol–water partition coefficient (Wildman–Crippen LogP) is 3.24. The fraction of sp³-hybridized carbons (Fsp3) is 0.296. The molecule has 1 fully saturated rings. The molecular weight excluding hydrogens is 478 g/mol. The number of hydrogen-bond acceptors (Lipinski definition) is 6. The SMILES string of the molecule is COc1ccc2ccc(C#Cc3ccc(N4CCN(N(C(C)CC(=O)O)S(=O)[O-])CC4)cc3)cc2c1. The lowest BCUT2D eigenvalue weighted by Crippen LogP contribution is -2.57. The Hall–Kier alpha value is -3.42. The molecule has 0 radical (unpaired) electrons. The third kappa shape index (κ3) is 6.22. The van der Waals surface area contributed by atoms with Crippen molar-refractivity contribution in [2.24, 2.45) is 0 Å². The van der Waals surface area contributed by atoms with Gasteiger partial charge in [0.05, 0.1) is 13.5 Å². The highest BCUT2D eigenvalue weighted by Gasteiger charge is 2.27. The third-order valence-electron chi connectivity index (χ3n) is 6.17. The molecule has 2 unspecified atom stereocenters. The van der Waals surface area contributed by atoms with Crippen LogP contribution in [0.4, 0.5) is 5.69 Å². The Morgan fingerprint density at radius 1 is 1.03 bits per heavy atom. The summed E-state index contributed by atoms with van der Waals surface area (Å²) in [5, 5.41) is 12.9. The van der Waals surface area contributed by atoms with Crippen LogP contribution < -0.4 is 9.64 Å². The number of hydrazine groups is 1. The van der Waals surface area contributed by atoms with Gasteiger partial charge in [0.15, 0.2) is 0 Å². The zero-order valence-corrected chi connectivity index (χ0v) is 21.0. The van der Waals surface area contributed by atoms with Crippen molar-refractivity contribution in [1.29, 1.82) is 0 Å². The van der Waals surface area contributed by atoms with Crippen LogP contribution in [-0.2, 0) is 16.1 Å². The van der Waals surface area contributed by atoms with E-state index in [1.54, 1.807) is 19.0 Å². The first-order chi connectivity index (χ1) is 17.3. The van der Waals surface area contributed by atoms with E-state index in [4.69, 9.17) is 9.84 Å². The van der Waals surface area contributed by atoms with Crippen LogP contribution in [-0.4, -0.2) is 68.6 Å². The van der Waals surface area contributed by atoms with Crippen molar-refractivity contribution in [3.05, 3.63) is 71.8 Å². The number of carboxylic acid groups (broad SMARTS) is 1. The smallest absolute Gasteiger partial charge is 0.305 e. The molecule has 4 rings (SSSR count). The van der Waals surface area contributed by atoms with Crippen molar-refractivity contribution >= 4 is 33.7 Å². The molecule has 9 heteroatoms. The van der Waals surface area contributed by atoms with Gasteiger partial charge >= 0.3 is 5.97 Å². The van der Waals surface area contributed by atoms with Crippen molar-refractivity contribution in [2.75, 3.05) is 38.2 Å². The summed E-state index contributed by atoms with van der Waals surface area (Å²) in [7, 11) is 1.65. The first-order valence-corrected chi connectivity index (χ1v) is 12.7. The largest absolute Gasteiger partial charge is 0.759 e. The second-order valence-electron chi connectivity index (χ2n) is 8.63. The van der Waals surface area contributed by atoms with E-state index in [0.717, 1.165) is 37.8 Å². The van der Waals surface area contributed by atoms with E-state index in [-0.39, 0.29) is 6.42 Å². The van der Waals surface area contributed by atoms with Gasteiger partial charge in [-0.3, -0.25) is 9.00 Å². The molecular formula is C27H28N3O5S-. The topological polar surface area (TPSA) is 96.4 Å². The number of piperazine rings is 1. The molecule has 3 aromatic carbocycles. The van der Waals surface area contributed by atoms with Crippen LogP contribution >= 0.6 is 0 Å². The number of carbonyl (C=O) groups is 1. The van der Waals surface area contributed by atoms with Gasteiger partial charge in [-0.25, -0.2) is 5.01 Å². The highest BCUT2D eigenvalue weighted by molar-refractivity contribution is 7.76. The molecule has 1 N–H and O–H groups in total. The minimum atomic E-state index is -2.53. The van der Waals surface area contributed by atoms with E-state index in [9.17, 15) is 13.6 Å².